The highest BCUT2D eigenvalue weighted by Crippen LogP contribution is 2.41. The Balaban J connectivity index is 1.47. The summed E-state index contributed by atoms with van der Waals surface area (Å²) in [6, 6.07) is 12.0. The van der Waals surface area contributed by atoms with Crippen molar-refractivity contribution < 1.29 is 18.7 Å². The first-order chi connectivity index (χ1) is 19.0. The Morgan fingerprint density at radius 2 is 1.95 bits per heavy atom. The maximum atomic E-state index is 14.6. The van der Waals surface area contributed by atoms with Crippen LogP contribution in [0.1, 0.15) is 43.3 Å². The van der Waals surface area contributed by atoms with Gasteiger partial charge in [-0.25, -0.2) is 14.0 Å². The van der Waals surface area contributed by atoms with Gasteiger partial charge in [0.1, 0.15) is 11.4 Å². The molecule has 0 saturated carbocycles. The number of ether oxygens (including phenoxy) is 1. The fourth-order valence-corrected chi connectivity index (χ4v) is 6.03. The molecule has 2 aromatic heterocycles. The lowest BCUT2D eigenvalue weighted by atomic mass is 10.0. The summed E-state index contributed by atoms with van der Waals surface area (Å²) >= 11 is 1.34. The minimum atomic E-state index is -0.608. The lowest BCUT2D eigenvalue weighted by molar-refractivity contribution is 0.0453. The summed E-state index contributed by atoms with van der Waals surface area (Å²) in [6.07, 6.45) is 2.93. The number of hydrogen-bond donors (Lipinski definition) is 1. The van der Waals surface area contributed by atoms with Crippen LogP contribution in [0.25, 0.3) is 37.3 Å². The van der Waals surface area contributed by atoms with Crippen molar-refractivity contribution >= 4 is 39.9 Å². The van der Waals surface area contributed by atoms with Crippen LogP contribution in [0.15, 0.2) is 48.7 Å². The largest absolute Gasteiger partial charge is 0.444 e. The van der Waals surface area contributed by atoms with Crippen LogP contribution in [-0.4, -0.2) is 51.4 Å². The number of benzene rings is 2. The Morgan fingerprint density at radius 1 is 1.18 bits per heavy atom. The summed E-state index contributed by atoms with van der Waals surface area (Å²) in [6.45, 7) is 13.5. The zero-order valence-corrected chi connectivity index (χ0v) is 23.6. The molecule has 4 aromatic rings. The second-order valence-electron chi connectivity index (χ2n) is 10.9. The number of hydrogen-bond acceptors (Lipinski definition) is 5. The molecule has 0 aliphatic carbocycles. The molecule has 2 amide bonds. The van der Waals surface area contributed by atoms with Gasteiger partial charge in [0.05, 0.1) is 17.0 Å². The van der Waals surface area contributed by atoms with Crippen molar-refractivity contribution in [3.63, 3.8) is 0 Å². The monoisotopic (exact) mass is 559 g/mol. The first-order valence-electron chi connectivity index (χ1n) is 13.0. The van der Waals surface area contributed by atoms with E-state index in [9.17, 15) is 14.0 Å². The first kappa shape index (κ1) is 27.3. The second kappa shape index (κ2) is 10.7. The van der Waals surface area contributed by atoms with Crippen molar-refractivity contribution in [2.75, 3.05) is 13.1 Å². The predicted octanol–water partition coefficient (Wildman–Crippen LogP) is 6.79. The molecule has 0 radical (unpaired) electrons. The summed E-state index contributed by atoms with van der Waals surface area (Å²) in [5.74, 6) is -0.754. The average molecular weight is 560 g/mol. The molecule has 3 heterocycles. The van der Waals surface area contributed by atoms with Gasteiger partial charge in [-0.2, -0.15) is 5.10 Å². The standard InChI is InChI=1S/C30H30FN5O3S/c1-30(2,3)39-29(38)33-21-7-6-12-36(17-21)28(37)26-15-22(18-10-11-24(32-4)23(31)13-18)27(40-26)19-8-9-20-16-35(5)34-25(20)14-19/h8-11,13-16,21H,6-7,12,17H2,1-3,5H3,(H,33,38)/t21-/m1/s1. The summed E-state index contributed by atoms with van der Waals surface area (Å²) in [7, 11) is 1.86. The number of fused-ring (bicyclic) bond motifs is 1. The normalized spacial score (nSPS) is 15.6. The van der Waals surface area contributed by atoms with E-state index in [0.29, 0.717) is 29.1 Å². The first-order valence-corrected chi connectivity index (χ1v) is 13.9. The van der Waals surface area contributed by atoms with E-state index in [1.165, 1.54) is 23.5 Å². The van der Waals surface area contributed by atoms with Gasteiger partial charge in [-0.3, -0.25) is 9.48 Å². The molecule has 5 rings (SSSR count). The highest BCUT2D eigenvalue weighted by atomic mass is 32.1. The number of thiophene rings is 1. The molecule has 2 aromatic carbocycles. The average Bonchev–Trinajstić information content (AvgIpc) is 3.50. The molecular weight excluding hydrogens is 529 g/mol. The molecule has 0 spiro atoms. The Morgan fingerprint density at radius 3 is 2.67 bits per heavy atom. The molecule has 1 aliphatic heterocycles. The van der Waals surface area contributed by atoms with E-state index in [-0.39, 0.29) is 17.6 Å². The van der Waals surface area contributed by atoms with Gasteiger partial charge in [-0.15, -0.1) is 11.3 Å². The summed E-state index contributed by atoms with van der Waals surface area (Å²) in [5, 5.41) is 8.40. The summed E-state index contributed by atoms with van der Waals surface area (Å²) in [5.41, 5.74) is 2.31. The molecule has 1 aliphatic rings. The zero-order chi connectivity index (χ0) is 28.6. The fourth-order valence-electron chi connectivity index (χ4n) is 4.88. The number of amides is 2. The Hall–Kier alpha value is -4.23. The number of aromatic nitrogens is 2. The zero-order valence-electron chi connectivity index (χ0n) is 22.8. The number of nitrogens with zero attached hydrogens (tertiary/aromatic N) is 4. The van der Waals surface area contributed by atoms with E-state index < -0.39 is 17.5 Å². The molecular formula is C30H30FN5O3S. The van der Waals surface area contributed by atoms with Gasteiger partial charge in [-0.05, 0) is 62.9 Å². The highest BCUT2D eigenvalue weighted by Gasteiger charge is 2.29. The molecule has 8 nitrogen and oxygen atoms in total. The van der Waals surface area contributed by atoms with E-state index in [4.69, 9.17) is 11.3 Å². The maximum absolute atomic E-state index is 14.6. The van der Waals surface area contributed by atoms with Gasteiger partial charge < -0.3 is 15.0 Å². The van der Waals surface area contributed by atoms with Crippen LogP contribution in [-0.2, 0) is 11.8 Å². The molecule has 10 heteroatoms. The molecule has 1 N–H and O–H groups in total. The predicted molar refractivity (Wildman–Crippen MR) is 154 cm³/mol. The SMILES string of the molecule is [C-]#[N+]c1ccc(-c2cc(C(=O)N3CCC[C@@H](NC(=O)OC(C)(C)C)C3)sc2-c2ccc3cn(C)nc3c2)cc1F. The smallest absolute Gasteiger partial charge is 0.407 e. The Kier molecular flexibility index (Phi) is 7.34. The Bertz CT molecular complexity index is 1650. The molecule has 206 valence electrons. The third kappa shape index (κ3) is 5.84. The van der Waals surface area contributed by atoms with Crippen molar-refractivity contribution in [3.8, 4) is 21.6 Å². The third-order valence-electron chi connectivity index (χ3n) is 6.64. The minimum Gasteiger partial charge on any atom is -0.444 e. The van der Waals surface area contributed by atoms with Gasteiger partial charge in [0.2, 0.25) is 5.69 Å². The second-order valence-corrected chi connectivity index (χ2v) is 12.0. The van der Waals surface area contributed by atoms with Crippen molar-refractivity contribution in [3.05, 3.63) is 70.8 Å². The van der Waals surface area contributed by atoms with E-state index in [0.717, 1.165) is 34.2 Å². The van der Waals surface area contributed by atoms with Crippen molar-refractivity contribution in [2.24, 2.45) is 7.05 Å². The van der Waals surface area contributed by atoms with Gasteiger partial charge in [0, 0.05) is 48.2 Å². The number of carbonyl (C=O) groups is 2. The van der Waals surface area contributed by atoms with Crippen LogP contribution in [0.2, 0.25) is 0 Å². The molecule has 40 heavy (non-hydrogen) atoms. The number of alkyl carbamates (subject to hydrolysis) is 1. The number of likely N-dealkylation sites (tertiary alicyclic amines) is 1. The lowest BCUT2D eigenvalue weighted by Gasteiger charge is -2.33. The van der Waals surface area contributed by atoms with Crippen LogP contribution < -0.4 is 5.32 Å². The van der Waals surface area contributed by atoms with E-state index in [1.807, 2.05) is 52.2 Å². The fraction of sp³-hybridized carbons (Fsp3) is 0.333. The number of piperidine rings is 1. The number of nitrogens with one attached hydrogen (secondary N) is 1. The van der Waals surface area contributed by atoms with Gasteiger partial charge in [0.25, 0.3) is 5.91 Å². The molecule has 0 unspecified atom stereocenters. The van der Waals surface area contributed by atoms with Crippen molar-refractivity contribution in [2.45, 2.75) is 45.3 Å². The molecule has 0 bridgehead atoms. The molecule has 1 saturated heterocycles. The van der Waals surface area contributed by atoms with Crippen LogP contribution in [0.5, 0.6) is 0 Å². The van der Waals surface area contributed by atoms with Crippen LogP contribution in [0.3, 0.4) is 0 Å². The summed E-state index contributed by atoms with van der Waals surface area (Å²) in [4.78, 5) is 32.3. The van der Waals surface area contributed by atoms with Crippen molar-refractivity contribution in [1.82, 2.24) is 20.0 Å². The van der Waals surface area contributed by atoms with Crippen LogP contribution in [0, 0.1) is 12.4 Å². The number of halogens is 1. The lowest BCUT2D eigenvalue weighted by Crippen LogP contribution is -2.50. The Labute approximate surface area is 236 Å². The number of carbonyl (C=O) groups excluding carboxylic acids is 2. The van der Waals surface area contributed by atoms with Crippen LogP contribution >= 0.6 is 11.3 Å². The van der Waals surface area contributed by atoms with E-state index >= 15 is 0 Å². The van der Waals surface area contributed by atoms with E-state index in [2.05, 4.69) is 15.3 Å². The number of rotatable bonds is 4. The van der Waals surface area contributed by atoms with Gasteiger partial charge >= 0.3 is 6.09 Å². The van der Waals surface area contributed by atoms with E-state index in [1.54, 1.807) is 21.7 Å². The van der Waals surface area contributed by atoms with Crippen LogP contribution in [0.4, 0.5) is 14.9 Å². The highest BCUT2D eigenvalue weighted by molar-refractivity contribution is 7.18. The topological polar surface area (TPSA) is 80.8 Å². The quantitative estimate of drug-likeness (QED) is 0.279. The van der Waals surface area contributed by atoms with Crippen molar-refractivity contribution in [1.29, 1.82) is 0 Å². The maximum Gasteiger partial charge on any atom is 0.407 e. The molecule has 1 atom stereocenters. The molecule has 1 fully saturated rings. The van der Waals surface area contributed by atoms with Gasteiger partial charge in [-0.1, -0.05) is 24.3 Å². The minimum absolute atomic E-state index is 0.0522. The third-order valence-corrected chi connectivity index (χ3v) is 7.81. The number of aryl methyl sites for hydroxylation is 1. The summed E-state index contributed by atoms with van der Waals surface area (Å²) < 4.78 is 21.8. The van der Waals surface area contributed by atoms with Gasteiger partial charge in [0.15, 0.2) is 0 Å².